The van der Waals surface area contributed by atoms with Crippen LogP contribution in [0.4, 0.5) is 0 Å². The highest BCUT2D eigenvalue weighted by molar-refractivity contribution is 7.91. The van der Waals surface area contributed by atoms with E-state index in [1.807, 2.05) is 11.8 Å². The number of rotatable bonds is 8. The standard InChI is InChI=1S/C16H26N4O4S2/c1-3-6-17-14(21)12-18(2)15(22)13-19-7-9-20(10-8-19)26(23,24)16-5-4-11-25-16/h4-5,11H,3,6-10,12-13H2,1-2H3,(H,17,21). The van der Waals surface area contributed by atoms with E-state index < -0.39 is 10.0 Å². The number of nitrogens with one attached hydrogen (secondary N) is 1. The lowest BCUT2D eigenvalue weighted by Crippen LogP contribution is -2.51. The van der Waals surface area contributed by atoms with Gasteiger partial charge in [-0.05, 0) is 17.9 Å². The molecule has 2 rings (SSSR count). The Morgan fingerprint density at radius 3 is 2.54 bits per heavy atom. The first-order chi connectivity index (χ1) is 12.3. The summed E-state index contributed by atoms with van der Waals surface area (Å²) in [4.78, 5) is 27.3. The molecular formula is C16H26N4O4S2. The fraction of sp³-hybridized carbons (Fsp3) is 0.625. The van der Waals surface area contributed by atoms with Gasteiger partial charge in [0.1, 0.15) is 4.21 Å². The van der Waals surface area contributed by atoms with E-state index in [1.165, 1.54) is 20.5 Å². The van der Waals surface area contributed by atoms with E-state index in [4.69, 9.17) is 0 Å². The first-order valence-corrected chi connectivity index (χ1v) is 10.9. The summed E-state index contributed by atoms with van der Waals surface area (Å²) in [6.07, 6.45) is 0.849. The van der Waals surface area contributed by atoms with Crippen molar-refractivity contribution in [2.24, 2.45) is 0 Å². The van der Waals surface area contributed by atoms with Crippen LogP contribution in [0.1, 0.15) is 13.3 Å². The smallest absolute Gasteiger partial charge is 0.252 e. The molecule has 146 valence electrons. The maximum absolute atomic E-state index is 12.5. The second-order valence-corrected chi connectivity index (χ2v) is 9.32. The molecule has 8 nitrogen and oxygen atoms in total. The van der Waals surface area contributed by atoms with E-state index in [1.54, 1.807) is 24.6 Å². The van der Waals surface area contributed by atoms with Gasteiger partial charge in [0.05, 0.1) is 13.1 Å². The van der Waals surface area contributed by atoms with Crippen molar-refractivity contribution >= 4 is 33.2 Å². The third kappa shape index (κ3) is 5.50. The van der Waals surface area contributed by atoms with E-state index in [2.05, 4.69) is 5.32 Å². The average molecular weight is 403 g/mol. The fourth-order valence-electron chi connectivity index (χ4n) is 2.60. The highest BCUT2D eigenvalue weighted by atomic mass is 32.2. The van der Waals surface area contributed by atoms with Gasteiger partial charge >= 0.3 is 0 Å². The molecule has 1 aromatic heterocycles. The number of nitrogens with zero attached hydrogens (tertiary/aromatic N) is 3. The molecular weight excluding hydrogens is 376 g/mol. The highest BCUT2D eigenvalue weighted by Gasteiger charge is 2.30. The number of hydrogen-bond acceptors (Lipinski definition) is 6. The average Bonchev–Trinajstić information content (AvgIpc) is 3.16. The van der Waals surface area contributed by atoms with Crippen molar-refractivity contribution in [1.82, 2.24) is 19.4 Å². The molecule has 1 fully saturated rings. The monoisotopic (exact) mass is 402 g/mol. The molecule has 0 aromatic carbocycles. The summed E-state index contributed by atoms with van der Waals surface area (Å²) in [6, 6.07) is 3.33. The minimum atomic E-state index is -3.43. The summed E-state index contributed by atoms with van der Waals surface area (Å²) >= 11 is 1.21. The molecule has 2 amide bonds. The van der Waals surface area contributed by atoms with Crippen molar-refractivity contribution in [3.05, 3.63) is 17.5 Å². The Kier molecular flexibility index (Phi) is 7.56. The Labute approximate surface area is 158 Å². The van der Waals surface area contributed by atoms with Crippen LogP contribution < -0.4 is 5.32 Å². The van der Waals surface area contributed by atoms with Crippen LogP contribution in [0.25, 0.3) is 0 Å². The number of likely N-dealkylation sites (N-methyl/N-ethyl adjacent to an activating group) is 1. The Bertz CT molecular complexity index is 698. The van der Waals surface area contributed by atoms with Gasteiger partial charge in [-0.25, -0.2) is 8.42 Å². The molecule has 0 aliphatic carbocycles. The number of carbonyl (C=O) groups excluding carboxylic acids is 2. The van der Waals surface area contributed by atoms with Crippen LogP contribution in [0.15, 0.2) is 21.7 Å². The minimum Gasteiger partial charge on any atom is -0.355 e. The topological polar surface area (TPSA) is 90.0 Å². The lowest BCUT2D eigenvalue weighted by atomic mass is 10.3. The summed E-state index contributed by atoms with van der Waals surface area (Å²) in [5.41, 5.74) is 0. The number of carbonyl (C=O) groups is 2. The summed E-state index contributed by atoms with van der Waals surface area (Å²) in [7, 11) is -1.83. The van der Waals surface area contributed by atoms with Gasteiger partial charge in [-0.15, -0.1) is 11.3 Å². The maximum Gasteiger partial charge on any atom is 0.252 e. The number of amides is 2. The second-order valence-electron chi connectivity index (χ2n) is 6.21. The van der Waals surface area contributed by atoms with E-state index in [-0.39, 0.29) is 24.9 Å². The SMILES string of the molecule is CCCNC(=O)CN(C)C(=O)CN1CCN(S(=O)(=O)c2cccs2)CC1. The molecule has 2 heterocycles. The first kappa shape index (κ1) is 20.8. The van der Waals surface area contributed by atoms with Gasteiger partial charge in [-0.1, -0.05) is 13.0 Å². The molecule has 0 bridgehead atoms. The predicted octanol–water partition coefficient (Wildman–Crippen LogP) is 0.0390. The molecule has 0 unspecified atom stereocenters. The normalized spacial score (nSPS) is 16.4. The third-order valence-corrected chi connectivity index (χ3v) is 7.43. The number of thiophene rings is 1. The molecule has 0 radical (unpaired) electrons. The zero-order chi connectivity index (χ0) is 19.2. The lowest BCUT2D eigenvalue weighted by molar-refractivity contribution is -0.135. The highest BCUT2D eigenvalue weighted by Crippen LogP contribution is 2.21. The quantitative estimate of drug-likeness (QED) is 0.663. The fourth-order valence-corrected chi connectivity index (χ4v) is 5.17. The zero-order valence-corrected chi connectivity index (χ0v) is 16.8. The molecule has 26 heavy (non-hydrogen) atoms. The van der Waals surface area contributed by atoms with Crippen molar-refractivity contribution in [3.8, 4) is 0 Å². The van der Waals surface area contributed by atoms with E-state index in [0.29, 0.717) is 36.9 Å². The van der Waals surface area contributed by atoms with Gasteiger partial charge in [-0.2, -0.15) is 4.31 Å². The number of sulfonamides is 1. The largest absolute Gasteiger partial charge is 0.355 e. The van der Waals surface area contributed by atoms with Crippen molar-refractivity contribution in [2.75, 3.05) is 52.9 Å². The summed E-state index contributed by atoms with van der Waals surface area (Å²) in [6.45, 7) is 4.48. The molecule has 1 aromatic rings. The Hall–Kier alpha value is -1.49. The summed E-state index contributed by atoms with van der Waals surface area (Å²) in [5.74, 6) is -0.319. The van der Waals surface area contributed by atoms with Crippen molar-refractivity contribution in [1.29, 1.82) is 0 Å². The van der Waals surface area contributed by atoms with Crippen molar-refractivity contribution in [3.63, 3.8) is 0 Å². The molecule has 1 saturated heterocycles. The minimum absolute atomic E-state index is 0.0333. The van der Waals surface area contributed by atoms with Crippen LogP contribution in [0.5, 0.6) is 0 Å². The van der Waals surface area contributed by atoms with Crippen molar-refractivity contribution in [2.45, 2.75) is 17.6 Å². The number of piperazine rings is 1. The van der Waals surface area contributed by atoms with Gasteiger partial charge < -0.3 is 10.2 Å². The molecule has 0 saturated carbocycles. The van der Waals surface area contributed by atoms with Gasteiger partial charge in [0.2, 0.25) is 11.8 Å². The Morgan fingerprint density at radius 2 is 1.96 bits per heavy atom. The first-order valence-electron chi connectivity index (χ1n) is 8.61. The molecule has 1 N–H and O–H groups in total. The molecule has 0 atom stereocenters. The Balaban J connectivity index is 1.79. The van der Waals surface area contributed by atoms with E-state index in [0.717, 1.165) is 6.42 Å². The molecule has 10 heteroatoms. The van der Waals surface area contributed by atoms with Gasteiger partial charge in [0.25, 0.3) is 10.0 Å². The van der Waals surface area contributed by atoms with Crippen LogP contribution in [0.3, 0.4) is 0 Å². The van der Waals surface area contributed by atoms with E-state index in [9.17, 15) is 18.0 Å². The molecule has 1 aliphatic heterocycles. The second kappa shape index (κ2) is 9.45. The van der Waals surface area contributed by atoms with Crippen LogP contribution in [0.2, 0.25) is 0 Å². The zero-order valence-electron chi connectivity index (χ0n) is 15.2. The van der Waals surface area contributed by atoms with Crippen LogP contribution in [-0.4, -0.2) is 87.2 Å². The Morgan fingerprint density at radius 1 is 1.27 bits per heavy atom. The van der Waals surface area contributed by atoms with Gasteiger partial charge in [-0.3, -0.25) is 14.5 Å². The lowest BCUT2D eigenvalue weighted by Gasteiger charge is -2.33. The van der Waals surface area contributed by atoms with Crippen LogP contribution in [0, 0.1) is 0 Å². The summed E-state index contributed by atoms with van der Waals surface area (Å²) < 4.78 is 26.8. The maximum atomic E-state index is 12.5. The summed E-state index contributed by atoms with van der Waals surface area (Å²) in [5, 5.41) is 4.48. The van der Waals surface area contributed by atoms with Gasteiger partial charge in [0, 0.05) is 39.8 Å². The van der Waals surface area contributed by atoms with Crippen LogP contribution in [-0.2, 0) is 19.6 Å². The molecule has 1 aliphatic rings. The predicted molar refractivity (Wildman–Crippen MR) is 100 cm³/mol. The number of hydrogen-bond donors (Lipinski definition) is 1. The third-order valence-electron chi connectivity index (χ3n) is 4.16. The van der Waals surface area contributed by atoms with Crippen LogP contribution >= 0.6 is 11.3 Å². The van der Waals surface area contributed by atoms with Crippen molar-refractivity contribution < 1.29 is 18.0 Å². The molecule has 0 spiro atoms. The van der Waals surface area contributed by atoms with Gasteiger partial charge in [0.15, 0.2) is 0 Å². The van der Waals surface area contributed by atoms with E-state index >= 15 is 0 Å².